The Balaban J connectivity index is 1.68. The summed E-state index contributed by atoms with van der Waals surface area (Å²) in [5.74, 6) is 0.264. The van der Waals surface area contributed by atoms with Gasteiger partial charge < -0.3 is 5.32 Å². The zero-order chi connectivity index (χ0) is 20.0. The van der Waals surface area contributed by atoms with Crippen molar-refractivity contribution in [2.24, 2.45) is 5.92 Å². The van der Waals surface area contributed by atoms with E-state index in [9.17, 15) is 9.59 Å². The van der Waals surface area contributed by atoms with Gasteiger partial charge in [0.25, 0.3) is 5.56 Å². The van der Waals surface area contributed by atoms with E-state index in [1.807, 2.05) is 0 Å². The summed E-state index contributed by atoms with van der Waals surface area (Å²) in [5, 5.41) is 4.25. The third-order valence-corrected chi connectivity index (χ3v) is 6.95. The molecule has 1 aliphatic carbocycles. The first kappa shape index (κ1) is 19.4. The second-order valence-corrected chi connectivity index (χ2v) is 9.21. The molecule has 5 nitrogen and oxygen atoms in total. The fourth-order valence-corrected chi connectivity index (χ4v) is 5.25. The number of aryl methyl sites for hydroxylation is 1. The van der Waals surface area contributed by atoms with Crippen molar-refractivity contribution in [3.63, 3.8) is 0 Å². The Morgan fingerprint density at radius 3 is 2.96 bits per heavy atom. The number of carbonyl (C=O) groups is 1. The first-order valence-electron chi connectivity index (χ1n) is 9.12. The molecule has 0 aliphatic heterocycles. The van der Waals surface area contributed by atoms with Gasteiger partial charge in [-0.15, -0.1) is 11.3 Å². The van der Waals surface area contributed by atoms with Crippen LogP contribution in [0.5, 0.6) is 0 Å². The molecule has 0 saturated carbocycles. The number of hydrogen-bond donors (Lipinski definition) is 1. The lowest BCUT2D eigenvalue weighted by Gasteiger charge is -2.18. The summed E-state index contributed by atoms with van der Waals surface area (Å²) in [6.07, 6.45) is 4.39. The molecule has 0 bridgehead atoms. The second-order valence-electron chi connectivity index (χ2n) is 7.28. The molecule has 1 aliphatic rings. The highest BCUT2D eigenvalue weighted by Gasteiger charge is 2.25. The molecule has 0 saturated heterocycles. The molecular formula is C20H19Cl2N3O2S. The van der Waals surface area contributed by atoms with E-state index in [4.69, 9.17) is 23.2 Å². The van der Waals surface area contributed by atoms with Crippen molar-refractivity contribution in [2.45, 2.75) is 39.2 Å². The maximum absolute atomic E-state index is 13.2. The van der Waals surface area contributed by atoms with Gasteiger partial charge >= 0.3 is 0 Å². The van der Waals surface area contributed by atoms with Crippen LogP contribution in [0.2, 0.25) is 10.0 Å². The van der Waals surface area contributed by atoms with Crippen LogP contribution in [0.15, 0.2) is 29.3 Å². The van der Waals surface area contributed by atoms with Crippen LogP contribution in [0.1, 0.15) is 36.8 Å². The number of halogens is 2. The molecule has 2 aromatic heterocycles. The lowest BCUT2D eigenvalue weighted by atomic mass is 9.89. The van der Waals surface area contributed by atoms with Crippen molar-refractivity contribution in [2.75, 3.05) is 5.32 Å². The smallest absolute Gasteiger partial charge is 0.263 e. The van der Waals surface area contributed by atoms with E-state index in [1.165, 1.54) is 15.8 Å². The number of carbonyl (C=O) groups excluding carboxylic acids is 1. The van der Waals surface area contributed by atoms with Crippen LogP contribution in [0.4, 0.5) is 5.69 Å². The van der Waals surface area contributed by atoms with E-state index in [1.54, 1.807) is 36.5 Å². The third-order valence-electron chi connectivity index (χ3n) is 5.22. The molecule has 0 spiro atoms. The molecule has 3 aromatic rings. The minimum absolute atomic E-state index is 0.170. The maximum atomic E-state index is 13.2. The molecule has 146 valence electrons. The fraction of sp³-hybridized carbons (Fsp3) is 0.350. The van der Waals surface area contributed by atoms with Gasteiger partial charge in [0, 0.05) is 9.90 Å². The predicted octanol–water partition coefficient (Wildman–Crippen LogP) is 5.09. The highest BCUT2D eigenvalue weighted by atomic mass is 35.5. The summed E-state index contributed by atoms with van der Waals surface area (Å²) in [6, 6.07) is 4.10. The Bertz CT molecular complexity index is 1140. The minimum atomic E-state index is -0.738. The zero-order valence-electron chi connectivity index (χ0n) is 15.5. The molecule has 2 heterocycles. The van der Waals surface area contributed by atoms with Crippen LogP contribution in [0.25, 0.3) is 10.2 Å². The van der Waals surface area contributed by atoms with Crippen molar-refractivity contribution >= 4 is 56.3 Å². The number of thiophene rings is 1. The zero-order valence-corrected chi connectivity index (χ0v) is 17.8. The molecule has 28 heavy (non-hydrogen) atoms. The average Bonchev–Trinajstić information content (AvgIpc) is 3.02. The van der Waals surface area contributed by atoms with Gasteiger partial charge in [0.2, 0.25) is 5.91 Å². The van der Waals surface area contributed by atoms with Crippen molar-refractivity contribution in [3.8, 4) is 0 Å². The quantitative estimate of drug-likeness (QED) is 0.622. The van der Waals surface area contributed by atoms with Crippen LogP contribution >= 0.6 is 34.5 Å². The minimum Gasteiger partial charge on any atom is -0.323 e. The molecule has 1 aromatic carbocycles. The Hall–Kier alpha value is -1.89. The normalized spacial score (nSPS) is 17.4. The van der Waals surface area contributed by atoms with Gasteiger partial charge in [-0.1, -0.05) is 30.1 Å². The van der Waals surface area contributed by atoms with Gasteiger partial charge in [0.05, 0.1) is 22.4 Å². The number of fused-ring (bicyclic) bond motifs is 3. The molecule has 2 unspecified atom stereocenters. The second kappa shape index (κ2) is 7.50. The molecule has 8 heteroatoms. The summed E-state index contributed by atoms with van der Waals surface area (Å²) < 4.78 is 1.39. The van der Waals surface area contributed by atoms with Crippen molar-refractivity contribution in [3.05, 3.63) is 55.4 Å². The number of aromatic nitrogens is 2. The maximum Gasteiger partial charge on any atom is 0.263 e. The Kier molecular flexibility index (Phi) is 5.21. The average molecular weight is 436 g/mol. The number of rotatable bonds is 3. The standard InChI is InChI=1S/C20H19Cl2N3O2S/c1-10-3-5-13-16(7-10)28-19-17(13)20(27)25(9-23-19)11(2)18(26)24-15-8-12(21)4-6-14(15)22/h4,6,8-11H,3,5,7H2,1-2H3,(H,24,26). The fourth-order valence-electron chi connectivity index (χ4n) is 3.58. The van der Waals surface area contributed by atoms with Crippen LogP contribution in [0, 0.1) is 5.92 Å². The van der Waals surface area contributed by atoms with Crippen molar-refractivity contribution < 1.29 is 4.79 Å². The van der Waals surface area contributed by atoms with E-state index in [-0.39, 0.29) is 11.5 Å². The number of benzene rings is 1. The summed E-state index contributed by atoms with van der Waals surface area (Å²) in [6.45, 7) is 3.90. The van der Waals surface area contributed by atoms with Gasteiger partial charge in [-0.25, -0.2) is 4.98 Å². The van der Waals surface area contributed by atoms with Gasteiger partial charge in [0.15, 0.2) is 0 Å². The van der Waals surface area contributed by atoms with E-state index in [2.05, 4.69) is 17.2 Å². The predicted molar refractivity (Wildman–Crippen MR) is 115 cm³/mol. The molecule has 4 rings (SSSR count). The van der Waals surface area contributed by atoms with Crippen LogP contribution < -0.4 is 10.9 Å². The van der Waals surface area contributed by atoms with Crippen LogP contribution in [-0.4, -0.2) is 15.5 Å². The Labute approximate surface area is 176 Å². The van der Waals surface area contributed by atoms with E-state index < -0.39 is 6.04 Å². The van der Waals surface area contributed by atoms with Gasteiger partial charge in [0.1, 0.15) is 10.9 Å². The number of nitrogens with one attached hydrogen (secondary N) is 1. The molecule has 1 amide bonds. The van der Waals surface area contributed by atoms with Crippen molar-refractivity contribution in [1.29, 1.82) is 0 Å². The molecule has 0 radical (unpaired) electrons. The summed E-state index contributed by atoms with van der Waals surface area (Å²) >= 11 is 13.7. The van der Waals surface area contributed by atoms with Gasteiger partial charge in [-0.05, 0) is 55.9 Å². The largest absolute Gasteiger partial charge is 0.323 e. The number of amides is 1. The SMILES string of the molecule is CC1CCc2c(sc3ncn(C(C)C(=O)Nc4cc(Cl)ccc4Cl)c(=O)c23)C1. The van der Waals surface area contributed by atoms with E-state index in [0.717, 1.165) is 29.7 Å². The molecule has 1 N–H and O–H groups in total. The summed E-state index contributed by atoms with van der Waals surface area (Å²) in [5.41, 5.74) is 1.35. The Morgan fingerprint density at radius 2 is 2.18 bits per heavy atom. The lowest BCUT2D eigenvalue weighted by Crippen LogP contribution is -2.32. The van der Waals surface area contributed by atoms with E-state index >= 15 is 0 Å². The monoisotopic (exact) mass is 435 g/mol. The number of hydrogen-bond acceptors (Lipinski definition) is 4. The third kappa shape index (κ3) is 3.45. The van der Waals surface area contributed by atoms with Crippen LogP contribution in [0.3, 0.4) is 0 Å². The van der Waals surface area contributed by atoms with Crippen molar-refractivity contribution in [1.82, 2.24) is 9.55 Å². The number of anilines is 1. The summed E-state index contributed by atoms with van der Waals surface area (Å²) in [4.78, 5) is 32.4. The molecule has 2 atom stereocenters. The first-order valence-corrected chi connectivity index (χ1v) is 10.7. The first-order chi connectivity index (χ1) is 13.3. The van der Waals surface area contributed by atoms with Gasteiger partial charge in [-0.2, -0.15) is 0 Å². The van der Waals surface area contributed by atoms with E-state index in [0.29, 0.717) is 27.0 Å². The van der Waals surface area contributed by atoms with Crippen LogP contribution in [-0.2, 0) is 17.6 Å². The highest BCUT2D eigenvalue weighted by Crippen LogP contribution is 2.35. The topological polar surface area (TPSA) is 64.0 Å². The number of nitrogens with zero attached hydrogens (tertiary/aromatic N) is 2. The Morgan fingerprint density at radius 1 is 1.39 bits per heavy atom. The molecule has 0 fully saturated rings. The summed E-state index contributed by atoms with van der Waals surface area (Å²) in [7, 11) is 0. The lowest BCUT2D eigenvalue weighted by molar-refractivity contribution is -0.118. The van der Waals surface area contributed by atoms with Gasteiger partial charge in [-0.3, -0.25) is 14.2 Å². The molecular weight excluding hydrogens is 417 g/mol. The highest BCUT2D eigenvalue weighted by molar-refractivity contribution is 7.18.